The van der Waals surface area contributed by atoms with E-state index in [1.54, 1.807) is 6.92 Å². The van der Waals surface area contributed by atoms with E-state index in [2.05, 4.69) is 0 Å². The summed E-state index contributed by atoms with van der Waals surface area (Å²) in [4.78, 5) is 45.6. The Bertz CT molecular complexity index is 555. The highest BCUT2D eigenvalue weighted by molar-refractivity contribution is 5.81. The molecule has 0 aromatic heterocycles. The Morgan fingerprint density at radius 3 is 1.96 bits per heavy atom. The van der Waals surface area contributed by atoms with Gasteiger partial charge in [0.2, 0.25) is 6.29 Å². The lowest BCUT2D eigenvalue weighted by atomic mass is 9.96. The molecular formula is C17H24O8. The molecule has 6 atom stereocenters. The zero-order valence-corrected chi connectivity index (χ0v) is 14.9. The van der Waals surface area contributed by atoms with Gasteiger partial charge in [-0.05, 0) is 25.7 Å². The summed E-state index contributed by atoms with van der Waals surface area (Å²) in [5.41, 5.74) is 0. The Labute approximate surface area is 146 Å². The van der Waals surface area contributed by atoms with Crippen LogP contribution in [0.25, 0.3) is 0 Å². The van der Waals surface area contributed by atoms with E-state index in [-0.39, 0.29) is 24.0 Å². The van der Waals surface area contributed by atoms with Crippen molar-refractivity contribution in [3.05, 3.63) is 0 Å². The molecule has 6 unspecified atom stereocenters. The van der Waals surface area contributed by atoms with Crippen LogP contribution in [0, 0.1) is 11.8 Å². The molecule has 0 bridgehead atoms. The van der Waals surface area contributed by atoms with Crippen LogP contribution in [0.5, 0.6) is 0 Å². The first-order chi connectivity index (χ1) is 11.7. The van der Waals surface area contributed by atoms with Crippen molar-refractivity contribution in [2.45, 2.75) is 71.6 Å². The Morgan fingerprint density at radius 2 is 1.48 bits per heavy atom. The van der Waals surface area contributed by atoms with Gasteiger partial charge >= 0.3 is 17.9 Å². The number of hydrogen-bond acceptors (Lipinski definition) is 8. The second-order valence-electron chi connectivity index (χ2n) is 6.62. The SMILES string of the molecule is CC(=O)OC1CC(OC(C)=O)C(OC(C)=O)C(CC2CC2C(C)=O)O1. The van der Waals surface area contributed by atoms with E-state index in [1.807, 2.05) is 0 Å². The van der Waals surface area contributed by atoms with Gasteiger partial charge in [-0.3, -0.25) is 19.2 Å². The maximum absolute atomic E-state index is 11.5. The predicted molar refractivity (Wildman–Crippen MR) is 83.0 cm³/mol. The molecule has 8 nitrogen and oxygen atoms in total. The molecular weight excluding hydrogens is 332 g/mol. The minimum absolute atomic E-state index is 0.0251. The summed E-state index contributed by atoms with van der Waals surface area (Å²) in [5.74, 6) is -1.38. The molecule has 0 amide bonds. The molecule has 25 heavy (non-hydrogen) atoms. The number of ketones is 1. The minimum Gasteiger partial charge on any atom is -0.458 e. The monoisotopic (exact) mass is 356 g/mol. The summed E-state index contributed by atoms with van der Waals surface area (Å²) >= 11 is 0. The molecule has 0 spiro atoms. The molecule has 0 aromatic rings. The van der Waals surface area contributed by atoms with E-state index in [0.717, 1.165) is 6.42 Å². The highest BCUT2D eigenvalue weighted by Crippen LogP contribution is 2.45. The lowest BCUT2D eigenvalue weighted by Gasteiger charge is -2.40. The smallest absolute Gasteiger partial charge is 0.304 e. The van der Waals surface area contributed by atoms with Gasteiger partial charge in [0.25, 0.3) is 0 Å². The number of carbonyl (C=O) groups is 4. The van der Waals surface area contributed by atoms with E-state index in [9.17, 15) is 19.2 Å². The van der Waals surface area contributed by atoms with Gasteiger partial charge < -0.3 is 18.9 Å². The van der Waals surface area contributed by atoms with Gasteiger partial charge in [0.05, 0.1) is 6.42 Å². The first-order valence-electron chi connectivity index (χ1n) is 8.35. The quantitative estimate of drug-likeness (QED) is 0.515. The molecule has 1 aliphatic heterocycles. The number of rotatable bonds is 6. The van der Waals surface area contributed by atoms with Gasteiger partial charge in [-0.15, -0.1) is 0 Å². The fourth-order valence-electron chi connectivity index (χ4n) is 3.32. The molecule has 1 saturated heterocycles. The third-order valence-corrected chi connectivity index (χ3v) is 4.38. The Balaban J connectivity index is 2.15. The van der Waals surface area contributed by atoms with Crippen LogP contribution >= 0.6 is 0 Å². The first kappa shape index (κ1) is 19.4. The van der Waals surface area contributed by atoms with Gasteiger partial charge in [-0.2, -0.15) is 0 Å². The number of esters is 3. The number of Topliss-reactive ketones (excluding diaryl/α,β-unsaturated/α-hetero) is 1. The number of carbonyl (C=O) groups excluding carboxylic acids is 4. The lowest BCUT2D eigenvalue weighted by Crippen LogP contribution is -2.52. The third-order valence-electron chi connectivity index (χ3n) is 4.38. The summed E-state index contributed by atoms with van der Waals surface area (Å²) in [7, 11) is 0. The minimum atomic E-state index is -0.895. The summed E-state index contributed by atoms with van der Waals surface area (Å²) in [6, 6.07) is 0. The van der Waals surface area contributed by atoms with Gasteiger partial charge in [0.15, 0.2) is 6.10 Å². The topological polar surface area (TPSA) is 105 Å². The molecule has 2 rings (SSSR count). The standard InChI is InChI=1S/C17H24O8/c1-8(18)13-5-12(13)6-14-17(24-11(4)21)15(22-9(2)19)7-16(25-14)23-10(3)20/h12-17H,5-7H2,1-4H3. The maximum Gasteiger partial charge on any atom is 0.304 e. The molecule has 1 saturated carbocycles. The van der Waals surface area contributed by atoms with Gasteiger partial charge in [-0.1, -0.05) is 0 Å². The van der Waals surface area contributed by atoms with Crippen LogP contribution in [0.15, 0.2) is 0 Å². The fourth-order valence-corrected chi connectivity index (χ4v) is 3.32. The molecule has 140 valence electrons. The summed E-state index contributed by atoms with van der Waals surface area (Å²) in [6.45, 7) is 5.31. The molecule has 0 N–H and O–H groups in total. The maximum atomic E-state index is 11.5. The van der Waals surface area contributed by atoms with Crippen molar-refractivity contribution in [1.82, 2.24) is 0 Å². The molecule has 1 heterocycles. The van der Waals surface area contributed by atoms with Crippen LogP contribution in [0.1, 0.15) is 47.0 Å². The average molecular weight is 356 g/mol. The van der Waals surface area contributed by atoms with E-state index in [1.165, 1.54) is 20.8 Å². The van der Waals surface area contributed by atoms with E-state index in [4.69, 9.17) is 18.9 Å². The first-order valence-corrected chi connectivity index (χ1v) is 8.35. The predicted octanol–water partition coefficient (Wildman–Crippen LogP) is 1.14. The van der Waals surface area contributed by atoms with Crippen molar-refractivity contribution in [3.8, 4) is 0 Å². The van der Waals surface area contributed by atoms with Gasteiger partial charge in [0, 0.05) is 26.7 Å². The normalized spacial score (nSPS) is 33.9. The zero-order chi connectivity index (χ0) is 18.7. The summed E-state index contributed by atoms with van der Waals surface area (Å²) in [6.07, 6.45) is -1.82. The van der Waals surface area contributed by atoms with Crippen LogP contribution in [0.4, 0.5) is 0 Å². The van der Waals surface area contributed by atoms with Crippen LogP contribution in [-0.4, -0.2) is 48.3 Å². The molecule has 2 aliphatic rings. The highest BCUT2D eigenvalue weighted by atomic mass is 16.7. The second-order valence-corrected chi connectivity index (χ2v) is 6.62. The Hall–Kier alpha value is -1.96. The van der Waals surface area contributed by atoms with Crippen LogP contribution in [0.3, 0.4) is 0 Å². The van der Waals surface area contributed by atoms with Crippen LogP contribution < -0.4 is 0 Å². The van der Waals surface area contributed by atoms with Crippen molar-refractivity contribution in [3.63, 3.8) is 0 Å². The summed E-state index contributed by atoms with van der Waals surface area (Å²) < 4.78 is 21.5. The zero-order valence-electron chi connectivity index (χ0n) is 14.9. The van der Waals surface area contributed by atoms with Crippen LogP contribution in [0.2, 0.25) is 0 Å². The van der Waals surface area contributed by atoms with E-state index >= 15 is 0 Å². The molecule has 0 aromatic carbocycles. The lowest BCUT2D eigenvalue weighted by molar-refractivity contribution is -0.255. The van der Waals surface area contributed by atoms with E-state index < -0.39 is 42.5 Å². The third kappa shape index (κ3) is 5.52. The molecule has 1 aliphatic carbocycles. The average Bonchev–Trinajstić information content (AvgIpc) is 3.20. The van der Waals surface area contributed by atoms with Crippen molar-refractivity contribution in [2.24, 2.45) is 11.8 Å². The summed E-state index contributed by atoms with van der Waals surface area (Å²) in [5, 5.41) is 0. The molecule has 2 fully saturated rings. The second kappa shape index (κ2) is 7.95. The van der Waals surface area contributed by atoms with Crippen molar-refractivity contribution in [2.75, 3.05) is 0 Å². The Kier molecular flexibility index (Phi) is 6.16. The number of hydrogen-bond donors (Lipinski definition) is 0. The largest absolute Gasteiger partial charge is 0.458 e. The van der Waals surface area contributed by atoms with Gasteiger partial charge in [-0.25, -0.2) is 0 Å². The van der Waals surface area contributed by atoms with Crippen molar-refractivity contribution in [1.29, 1.82) is 0 Å². The molecule has 8 heteroatoms. The van der Waals surface area contributed by atoms with Gasteiger partial charge in [0.1, 0.15) is 18.0 Å². The molecule has 0 radical (unpaired) electrons. The van der Waals surface area contributed by atoms with E-state index in [0.29, 0.717) is 6.42 Å². The highest BCUT2D eigenvalue weighted by Gasteiger charge is 2.49. The number of ether oxygens (including phenoxy) is 4. The van der Waals surface area contributed by atoms with Crippen LogP contribution in [-0.2, 0) is 38.1 Å². The Morgan fingerprint density at radius 1 is 0.880 bits per heavy atom. The fraction of sp³-hybridized carbons (Fsp3) is 0.765. The van der Waals surface area contributed by atoms with Crippen molar-refractivity contribution >= 4 is 23.7 Å². The van der Waals surface area contributed by atoms with Crippen molar-refractivity contribution < 1.29 is 38.1 Å².